The molecule has 1 rings (SSSR count). The van der Waals surface area contributed by atoms with E-state index in [1.54, 1.807) is 23.1 Å². The third-order valence-corrected chi connectivity index (χ3v) is 5.77. The summed E-state index contributed by atoms with van der Waals surface area (Å²) < 4.78 is 1.87. The molecule has 0 radical (unpaired) electrons. The van der Waals surface area contributed by atoms with Crippen molar-refractivity contribution >= 4 is 40.8 Å². The van der Waals surface area contributed by atoms with E-state index in [2.05, 4.69) is 36.3 Å². The number of aromatic nitrogens is 2. The maximum absolute atomic E-state index is 11.9. The highest BCUT2D eigenvalue weighted by atomic mass is 32.2. The molecule has 4 nitrogen and oxygen atoms in total. The number of unbranched alkanes of at least 4 members (excludes halogenated alkanes) is 1. The summed E-state index contributed by atoms with van der Waals surface area (Å²) in [6.45, 7) is 8.98. The van der Waals surface area contributed by atoms with Gasteiger partial charge >= 0.3 is 0 Å². The lowest BCUT2D eigenvalue weighted by atomic mass is 10.2. The number of nitrogens with zero attached hydrogens (tertiary/aromatic N) is 2. The zero-order valence-corrected chi connectivity index (χ0v) is 15.0. The van der Waals surface area contributed by atoms with Crippen molar-refractivity contribution in [3.05, 3.63) is 0 Å². The number of nitrogens with one attached hydrogen (secondary N) is 1. The molecule has 1 unspecified atom stereocenters. The van der Waals surface area contributed by atoms with Gasteiger partial charge in [0.1, 0.15) is 0 Å². The Labute approximate surface area is 133 Å². The van der Waals surface area contributed by atoms with Gasteiger partial charge in [-0.25, -0.2) is 0 Å². The molecule has 0 aliphatic heterocycles. The molecule has 0 spiro atoms. The van der Waals surface area contributed by atoms with Gasteiger partial charge in [0.25, 0.3) is 0 Å². The molecule has 1 amide bonds. The van der Waals surface area contributed by atoms with Crippen molar-refractivity contribution in [1.29, 1.82) is 0 Å². The van der Waals surface area contributed by atoms with Crippen molar-refractivity contribution < 1.29 is 4.79 Å². The second-order valence-corrected chi connectivity index (χ2v) is 8.84. The molecule has 1 aromatic heterocycles. The van der Waals surface area contributed by atoms with E-state index in [4.69, 9.17) is 0 Å². The fraction of sp³-hybridized carbons (Fsp3) is 0.769. The fourth-order valence-electron chi connectivity index (χ4n) is 1.26. The van der Waals surface area contributed by atoms with Crippen LogP contribution in [0.15, 0.2) is 8.68 Å². The monoisotopic (exact) mass is 333 g/mol. The highest BCUT2D eigenvalue weighted by Gasteiger charge is 2.17. The predicted octanol–water partition coefficient (Wildman–Crippen LogP) is 3.68. The van der Waals surface area contributed by atoms with Crippen LogP contribution in [0.3, 0.4) is 0 Å². The summed E-state index contributed by atoms with van der Waals surface area (Å²) in [5.41, 5.74) is 0. The summed E-state index contributed by atoms with van der Waals surface area (Å²) in [7, 11) is 0. The van der Waals surface area contributed by atoms with Gasteiger partial charge in [0, 0.05) is 12.3 Å². The van der Waals surface area contributed by atoms with Gasteiger partial charge in [0.2, 0.25) is 5.91 Å². The van der Waals surface area contributed by atoms with Crippen molar-refractivity contribution in [3.63, 3.8) is 0 Å². The number of thioether (sulfide) groups is 2. The Morgan fingerprint density at radius 2 is 2.00 bits per heavy atom. The molecule has 0 fully saturated rings. The van der Waals surface area contributed by atoms with Crippen LogP contribution in [0.5, 0.6) is 0 Å². The Balaban J connectivity index is 2.37. The lowest BCUT2D eigenvalue weighted by molar-refractivity contribution is -0.120. The van der Waals surface area contributed by atoms with E-state index in [-0.39, 0.29) is 11.2 Å². The van der Waals surface area contributed by atoms with Crippen LogP contribution in [0.2, 0.25) is 0 Å². The normalized spacial score (nSPS) is 12.7. The molecule has 1 N–H and O–H groups in total. The molecule has 1 atom stereocenters. The van der Waals surface area contributed by atoms with Crippen LogP contribution in [0, 0.1) is 5.92 Å². The van der Waals surface area contributed by atoms with Gasteiger partial charge in [0.05, 0.1) is 5.25 Å². The first-order valence-electron chi connectivity index (χ1n) is 6.93. The lowest BCUT2D eigenvalue weighted by Crippen LogP contribution is -2.33. The Morgan fingerprint density at radius 1 is 1.30 bits per heavy atom. The minimum absolute atomic E-state index is 0.0686. The van der Waals surface area contributed by atoms with Crippen LogP contribution >= 0.6 is 34.9 Å². The molecule has 0 aliphatic carbocycles. The van der Waals surface area contributed by atoms with Gasteiger partial charge in [-0.2, -0.15) is 0 Å². The van der Waals surface area contributed by atoms with E-state index >= 15 is 0 Å². The van der Waals surface area contributed by atoms with Gasteiger partial charge in [-0.1, -0.05) is 62.1 Å². The van der Waals surface area contributed by atoms with Crippen LogP contribution in [0.1, 0.15) is 40.5 Å². The van der Waals surface area contributed by atoms with E-state index in [1.165, 1.54) is 24.6 Å². The molecule has 0 saturated heterocycles. The zero-order chi connectivity index (χ0) is 15.0. The highest BCUT2D eigenvalue weighted by molar-refractivity contribution is 8.03. The van der Waals surface area contributed by atoms with Crippen molar-refractivity contribution in [3.8, 4) is 0 Å². The average molecular weight is 334 g/mol. The van der Waals surface area contributed by atoms with Gasteiger partial charge in [-0.3, -0.25) is 4.79 Å². The maximum Gasteiger partial charge on any atom is 0.233 e. The summed E-state index contributed by atoms with van der Waals surface area (Å²) in [6.07, 6.45) is 2.39. The zero-order valence-electron chi connectivity index (χ0n) is 12.5. The SMILES string of the molecule is CCCCSc1nnc(SC(C)C(=O)NCC(C)C)s1. The average Bonchev–Trinajstić information content (AvgIpc) is 2.83. The Kier molecular flexibility index (Phi) is 8.56. The summed E-state index contributed by atoms with van der Waals surface area (Å²) in [4.78, 5) is 11.9. The van der Waals surface area contributed by atoms with E-state index in [9.17, 15) is 4.79 Å². The number of carbonyl (C=O) groups is 1. The van der Waals surface area contributed by atoms with Crippen molar-refractivity contribution in [2.45, 2.75) is 54.5 Å². The number of hydrogen-bond donors (Lipinski definition) is 1. The van der Waals surface area contributed by atoms with E-state index < -0.39 is 0 Å². The molecule has 0 bridgehead atoms. The third kappa shape index (κ3) is 6.95. The largest absolute Gasteiger partial charge is 0.355 e. The molecule has 0 saturated carbocycles. The molecule has 114 valence electrons. The van der Waals surface area contributed by atoms with E-state index in [1.807, 2.05) is 6.92 Å². The van der Waals surface area contributed by atoms with Crippen LogP contribution in [-0.4, -0.2) is 33.7 Å². The second kappa shape index (κ2) is 9.63. The lowest BCUT2D eigenvalue weighted by Gasteiger charge is -2.11. The molecule has 20 heavy (non-hydrogen) atoms. The van der Waals surface area contributed by atoms with Gasteiger partial charge < -0.3 is 5.32 Å². The molecule has 0 aromatic carbocycles. The quantitative estimate of drug-likeness (QED) is 0.552. The van der Waals surface area contributed by atoms with E-state index in [0.29, 0.717) is 5.92 Å². The second-order valence-electron chi connectivity index (χ2n) is 4.93. The highest BCUT2D eigenvalue weighted by Crippen LogP contribution is 2.31. The summed E-state index contributed by atoms with van der Waals surface area (Å²) in [5, 5.41) is 11.1. The van der Waals surface area contributed by atoms with Crippen molar-refractivity contribution in [1.82, 2.24) is 15.5 Å². The van der Waals surface area contributed by atoms with Crippen molar-refractivity contribution in [2.75, 3.05) is 12.3 Å². The van der Waals surface area contributed by atoms with Crippen LogP contribution < -0.4 is 5.32 Å². The van der Waals surface area contributed by atoms with Crippen LogP contribution in [-0.2, 0) is 4.79 Å². The molecule has 0 aliphatic rings. The third-order valence-electron chi connectivity index (χ3n) is 2.44. The van der Waals surface area contributed by atoms with Gasteiger partial charge in [-0.05, 0) is 19.3 Å². The predicted molar refractivity (Wildman–Crippen MR) is 88.7 cm³/mol. The van der Waals surface area contributed by atoms with Crippen LogP contribution in [0.25, 0.3) is 0 Å². The summed E-state index contributed by atoms with van der Waals surface area (Å²) in [6, 6.07) is 0. The molecular weight excluding hydrogens is 310 g/mol. The van der Waals surface area contributed by atoms with Gasteiger partial charge in [-0.15, -0.1) is 10.2 Å². The topological polar surface area (TPSA) is 54.9 Å². The standard InChI is InChI=1S/C13H23N3OS3/c1-5-6-7-18-12-15-16-13(20-12)19-10(4)11(17)14-8-9(2)3/h9-10H,5-8H2,1-4H3,(H,14,17). The smallest absolute Gasteiger partial charge is 0.233 e. The Hall–Kier alpha value is -0.270. The first-order chi connectivity index (χ1) is 9.52. The van der Waals surface area contributed by atoms with E-state index in [0.717, 1.165) is 21.0 Å². The van der Waals surface area contributed by atoms with Crippen LogP contribution in [0.4, 0.5) is 0 Å². The molecular formula is C13H23N3OS3. The minimum atomic E-state index is -0.129. The number of carbonyl (C=O) groups excluding carboxylic acids is 1. The Bertz CT molecular complexity index is 409. The molecule has 1 aromatic rings. The number of hydrogen-bond acceptors (Lipinski definition) is 6. The Morgan fingerprint density at radius 3 is 2.65 bits per heavy atom. The first-order valence-corrected chi connectivity index (χ1v) is 9.61. The summed E-state index contributed by atoms with van der Waals surface area (Å²) >= 11 is 4.81. The minimum Gasteiger partial charge on any atom is -0.355 e. The maximum atomic E-state index is 11.9. The number of amides is 1. The molecule has 1 heterocycles. The van der Waals surface area contributed by atoms with Gasteiger partial charge in [0.15, 0.2) is 8.68 Å². The first kappa shape index (κ1) is 17.8. The summed E-state index contributed by atoms with van der Waals surface area (Å²) in [5.74, 6) is 1.62. The number of rotatable bonds is 9. The van der Waals surface area contributed by atoms with Crippen molar-refractivity contribution in [2.24, 2.45) is 5.92 Å². The molecule has 7 heteroatoms. The fourth-order valence-corrected chi connectivity index (χ4v) is 4.60.